The Morgan fingerprint density at radius 2 is 2.29 bits per heavy atom. The number of carbonyl (C=O) groups is 1. The maximum atomic E-state index is 12.0. The summed E-state index contributed by atoms with van der Waals surface area (Å²) in [7, 11) is -3.68. The van der Waals surface area contributed by atoms with Crippen molar-refractivity contribution < 1.29 is 18.3 Å². The van der Waals surface area contributed by atoms with Gasteiger partial charge in [-0.05, 0) is 0 Å². The number of carboxylic acids is 1. The van der Waals surface area contributed by atoms with Crippen LogP contribution in [-0.4, -0.2) is 46.9 Å². The van der Waals surface area contributed by atoms with Crippen molar-refractivity contribution in [2.45, 2.75) is 18.9 Å². The summed E-state index contributed by atoms with van der Waals surface area (Å²) in [5, 5.41) is 8.75. The minimum absolute atomic E-state index is 0.0306. The third-order valence-electron chi connectivity index (χ3n) is 2.34. The second-order valence-corrected chi connectivity index (χ2v) is 5.52. The summed E-state index contributed by atoms with van der Waals surface area (Å²) in [6, 6.07) is 0. The Labute approximate surface area is 99.5 Å². The zero-order valence-corrected chi connectivity index (χ0v) is 10.4. The van der Waals surface area contributed by atoms with Crippen LogP contribution in [0.25, 0.3) is 0 Å². The van der Waals surface area contributed by atoms with Crippen molar-refractivity contribution >= 4 is 16.0 Å². The number of hydrogen-bond donors (Lipinski definition) is 2. The second-order valence-electron chi connectivity index (χ2n) is 3.61. The van der Waals surface area contributed by atoms with E-state index in [0.29, 0.717) is 0 Å². The Hall–Kier alpha value is -1.41. The third kappa shape index (κ3) is 3.04. The van der Waals surface area contributed by atoms with Gasteiger partial charge in [-0.1, -0.05) is 13.8 Å². The Morgan fingerprint density at radius 1 is 1.65 bits per heavy atom. The molecule has 0 spiro atoms. The predicted octanol–water partition coefficient (Wildman–Crippen LogP) is 0.141. The van der Waals surface area contributed by atoms with Crippen LogP contribution in [-0.2, 0) is 14.8 Å². The van der Waals surface area contributed by atoms with Gasteiger partial charge in [-0.2, -0.15) is 4.31 Å². The molecule has 0 saturated carbocycles. The summed E-state index contributed by atoms with van der Waals surface area (Å²) in [6.45, 7) is 3.27. The molecule has 17 heavy (non-hydrogen) atoms. The van der Waals surface area contributed by atoms with E-state index in [9.17, 15) is 13.2 Å². The molecule has 0 bridgehead atoms. The highest BCUT2D eigenvalue weighted by Gasteiger charge is 2.27. The lowest BCUT2D eigenvalue weighted by molar-refractivity contribution is -0.141. The first-order chi connectivity index (χ1) is 7.89. The van der Waals surface area contributed by atoms with Gasteiger partial charge in [-0.3, -0.25) is 4.79 Å². The summed E-state index contributed by atoms with van der Waals surface area (Å²) in [5.41, 5.74) is 0. The quantitative estimate of drug-likeness (QED) is 0.758. The number of aliphatic carboxylic acids is 1. The van der Waals surface area contributed by atoms with Crippen molar-refractivity contribution in [1.29, 1.82) is 0 Å². The van der Waals surface area contributed by atoms with E-state index in [1.807, 2.05) is 0 Å². The second kappa shape index (κ2) is 5.28. The number of rotatable bonds is 6. The molecule has 1 rings (SSSR count). The van der Waals surface area contributed by atoms with Crippen molar-refractivity contribution in [1.82, 2.24) is 14.3 Å². The van der Waals surface area contributed by atoms with Gasteiger partial charge in [0.05, 0.1) is 18.4 Å². The van der Waals surface area contributed by atoms with Gasteiger partial charge in [0.1, 0.15) is 0 Å². The van der Waals surface area contributed by atoms with Gasteiger partial charge in [0, 0.05) is 13.1 Å². The number of nitrogens with zero attached hydrogens (tertiary/aromatic N) is 2. The molecular weight excluding hydrogens is 246 g/mol. The number of carboxylic acid groups (broad SMARTS) is 1. The summed E-state index contributed by atoms with van der Waals surface area (Å²) in [6.07, 6.45) is 2.46. The van der Waals surface area contributed by atoms with Gasteiger partial charge >= 0.3 is 5.97 Å². The lowest BCUT2D eigenvalue weighted by Crippen LogP contribution is -2.36. The molecule has 1 aromatic heterocycles. The number of sulfonamides is 1. The molecule has 7 nitrogen and oxygen atoms in total. The number of H-pyrrole nitrogens is 1. The fourth-order valence-corrected chi connectivity index (χ4v) is 2.74. The van der Waals surface area contributed by atoms with E-state index >= 15 is 0 Å². The molecule has 0 saturated heterocycles. The highest BCUT2D eigenvalue weighted by molar-refractivity contribution is 7.89. The number of aromatic nitrogens is 2. The van der Waals surface area contributed by atoms with Gasteiger partial charge in [0.2, 0.25) is 0 Å². The van der Waals surface area contributed by atoms with E-state index < -0.39 is 21.9 Å². The summed E-state index contributed by atoms with van der Waals surface area (Å²) in [5.74, 6) is -1.78. The Kier molecular flexibility index (Phi) is 4.24. The van der Waals surface area contributed by atoms with E-state index in [0.717, 1.165) is 4.31 Å². The minimum atomic E-state index is -3.68. The Bertz CT molecular complexity index is 468. The highest BCUT2D eigenvalue weighted by atomic mass is 32.2. The van der Waals surface area contributed by atoms with Crippen LogP contribution in [0.15, 0.2) is 17.6 Å². The molecule has 0 aliphatic heterocycles. The number of nitrogens with one attached hydrogen (secondary N) is 1. The zero-order chi connectivity index (χ0) is 13.1. The van der Waals surface area contributed by atoms with Crippen molar-refractivity contribution in [3.05, 3.63) is 12.5 Å². The van der Waals surface area contributed by atoms with Crippen LogP contribution in [0.1, 0.15) is 13.8 Å². The van der Waals surface area contributed by atoms with Crippen LogP contribution in [0.2, 0.25) is 0 Å². The molecule has 8 heteroatoms. The van der Waals surface area contributed by atoms with E-state index in [4.69, 9.17) is 5.11 Å². The van der Waals surface area contributed by atoms with E-state index in [-0.39, 0.29) is 18.1 Å². The lowest BCUT2D eigenvalue weighted by Gasteiger charge is -2.21. The lowest BCUT2D eigenvalue weighted by atomic mass is 10.2. The summed E-state index contributed by atoms with van der Waals surface area (Å²) in [4.78, 5) is 16.9. The monoisotopic (exact) mass is 261 g/mol. The molecule has 0 aliphatic carbocycles. The van der Waals surface area contributed by atoms with Gasteiger partial charge in [-0.25, -0.2) is 13.4 Å². The van der Waals surface area contributed by atoms with Crippen molar-refractivity contribution in [2.24, 2.45) is 5.92 Å². The average molecular weight is 261 g/mol. The molecule has 0 amide bonds. The van der Waals surface area contributed by atoms with Crippen molar-refractivity contribution in [2.75, 3.05) is 13.1 Å². The molecule has 1 aromatic rings. The summed E-state index contributed by atoms with van der Waals surface area (Å²) < 4.78 is 25.2. The molecular formula is C9H15N3O4S. The van der Waals surface area contributed by atoms with Gasteiger partial charge < -0.3 is 10.1 Å². The maximum absolute atomic E-state index is 12.0. The van der Waals surface area contributed by atoms with Gasteiger partial charge in [0.25, 0.3) is 10.0 Å². The first-order valence-corrected chi connectivity index (χ1v) is 6.55. The zero-order valence-electron chi connectivity index (χ0n) is 9.62. The molecule has 96 valence electrons. The Balaban J connectivity index is 2.92. The van der Waals surface area contributed by atoms with E-state index in [1.54, 1.807) is 6.92 Å². The van der Waals surface area contributed by atoms with E-state index in [1.165, 1.54) is 19.4 Å². The van der Waals surface area contributed by atoms with Crippen LogP contribution in [0.3, 0.4) is 0 Å². The topological polar surface area (TPSA) is 103 Å². The SMILES string of the molecule is CCN(CC(C)C(=O)O)S(=O)(=O)c1cnc[nH]1. The first kappa shape index (κ1) is 13.7. The van der Waals surface area contributed by atoms with Gasteiger partial charge in [0.15, 0.2) is 5.03 Å². The van der Waals surface area contributed by atoms with Crippen LogP contribution in [0.4, 0.5) is 0 Å². The van der Waals surface area contributed by atoms with Crippen LogP contribution in [0.5, 0.6) is 0 Å². The highest BCUT2D eigenvalue weighted by Crippen LogP contribution is 2.13. The molecule has 2 N–H and O–H groups in total. The number of aromatic amines is 1. The van der Waals surface area contributed by atoms with Crippen LogP contribution < -0.4 is 0 Å². The van der Waals surface area contributed by atoms with Crippen molar-refractivity contribution in [3.63, 3.8) is 0 Å². The summed E-state index contributed by atoms with van der Waals surface area (Å²) >= 11 is 0. The van der Waals surface area contributed by atoms with E-state index in [2.05, 4.69) is 9.97 Å². The van der Waals surface area contributed by atoms with Crippen molar-refractivity contribution in [3.8, 4) is 0 Å². The van der Waals surface area contributed by atoms with Crippen LogP contribution in [0, 0.1) is 5.92 Å². The normalized spacial score (nSPS) is 13.8. The first-order valence-electron chi connectivity index (χ1n) is 5.11. The fraction of sp³-hybridized carbons (Fsp3) is 0.556. The number of hydrogen-bond acceptors (Lipinski definition) is 4. The smallest absolute Gasteiger partial charge is 0.307 e. The molecule has 0 fully saturated rings. The molecule has 1 unspecified atom stereocenters. The molecule has 0 aromatic carbocycles. The van der Waals surface area contributed by atoms with Crippen LogP contribution >= 0.6 is 0 Å². The standard InChI is InChI=1S/C9H15N3O4S/c1-3-12(5-7(2)9(13)14)17(15,16)8-4-10-6-11-8/h4,6-7H,3,5H2,1-2H3,(H,10,11)(H,13,14). The molecule has 0 aliphatic rings. The molecule has 1 atom stereocenters. The molecule has 0 radical (unpaired) electrons. The average Bonchev–Trinajstić information content (AvgIpc) is 2.78. The predicted molar refractivity (Wildman–Crippen MR) is 59.8 cm³/mol. The minimum Gasteiger partial charge on any atom is -0.481 e. The van der Waals surface area contributed by atoms with Gasteiger partial charge in [-0.15, -0.1) is 0 Å². The number of imidazole rings is 1. The maximum Gasteiger partial charge on any atom is 0.307 e. The third-order valence-corrected chi connectivity index (χ3v) is 4.21. The largest absolute Gasteiger partial charge is 0.481 e. The Morgan fingerprint density at radius 3 is 2.71 bits per heavy atom. The molecule has 1 heterocycles. The fourth-order valence-electron chi connectivity index (χ4n) is 1.30.